The Morgan fingerprint density at radius 3 is 2.47 bits per heavy atom. The van der Waals surface area contributed by atoms with Gasteiger partial charge in [0.2, 0.25) is 0 Å². The van der Waals surface area contributed by atoms with Gasteiger partial charge in [0.15, 0.2) is 0 Å². The van der Waals surface area contributed by atoms with E-state index in [0.717, 1.165) is 30.5 Å². The summed E-state index contributed by atoms with van der Waals surface area (Å²) < 4.78 is 0. The molecule has 0 fully saturated rings. The smallest absolute Gasteiger partial charge is 0.128 e. The number of nitrogens with two attached hydrogens (primary N) is 1. The van der Waals surface area contributed by atoms with Crippen LogP contribution in [-0.2, 0) is 6.54 Å². The zero-order chi connectivity index (χ0) is 12.7. The summed E-state index contributed by atoms with van der Waals surface area (Å²) in [6.07, 6.45) is 2.45. The molecule has 1 aromatic heterocycles. The van der Waals surface area contributed by atoms with Crippen LogP contribution in [0.2, 0.25) is 0 Å². The lowest BCUT2D eigenvalue weighted by Gasteiger charge is -2.26. The van der Waals surface area contributed by atoms with Crippen LogP contribution in [0.1, 0.15) is 39.3 Å². The third kappa shape index (κ3) is 4.00. The predicted molar refractivity (Wildman–Crippen MR) is 74.1 cm³/mol. The van der Waals surface area contributed by atoms with Crippen LogP contribution < -0.4 is 10.6 Å². The van der Waals surface area contributed by atoms with Crippen molar-refractivity contribution in [3.05, 3.63) is 23.9 Å². The molecule has 3 heteroatoms. The zero-order valence-electron chi connectivity index (χ0n) is 11.3. The molecule has 1 rings (SSSR count). The van der Waals surface area contributed by atoms with Crippen LogP contribution in [0.15, 0.2) is 18.2 Å². The average molecular weight is 235 g/mol. The standard InChI is InChI=1S/C14H25N3/c1-4-12(5-2)11-17(6-3)14-9-7-8-13(10-15)16-14/h7-9,12H,4-6,10-11,15H2,1-3H3. The Morgan fingerprint density at radius 2 is 1.94 bits per heavy atom. The second-order valence-electron chi connectivity index (χ2n) is 4.41. The molecule has 2 N–H and O–H groups in total. The first kappa shape index (κ1) is 14.0. The predicted octanol–water partition coefficient (Wildman–Crippen LogP) is 2.80. The van der Waals surface area contributed by atoms with Crippen LogP contribution in [0.25, 0.3) is 0 Å². The van der Waals surface area contributed by atoms with Crippen LogP contribution in [0.3, 0.4) is 0 Å². The van der Waals surface area contributed by atoms with E-state index in [4.69, 9.17) is 5.73 Å². The first-order valence-electron chi connectivity index (χ1n) is 6.66. The first-order chi connectivity index (χ1) is 8.24. The molecular weight excluding hydrogens is 210 g/mol. The van der Waals surface area contributed by atoms with Crippen molar-refractivity contribution in [2.75, 3.05) is 18.0 Å². The minimum Gasteiger partial charge on any atom is -0.357 e. The molecule has 0 aliphatic heterocycles. The molecule has 0 amide bonds. The van der Waals surface area contributed by atoms with E-state index in [-0.39, 0.29) is 0 Å². The Labute approximate surface area is 105 Å². The fourth-order valence-corrected chi connectivity index (χ4v) is 2.00. The van der Waals surface area contributed by atoms with E-state index >= 15 is 0 Å². The second-order valence-corrected chi connectivity index (χ2v) is 4.41. The second kappa shape index (κ2) is 7.28. The highest BCUT2D eigenvalue weighted by Crippen LogP contribution is 2.16. The van der Waals surface area contributed by atoms with Gasteiger partial charge in [0.1, 0.15) is 5.82 Å². The number of hydrogen-bond acceptors (Lipinski definition) is 3. The Morgan fingerprint density at radius 1 is 1.24 bits per heavy atom. The van der Waals surface area contributed by atoms with Crippen molar-refractivity contribution in [3.8, 4) is 0 Å². The van der Waals surface area contributed by atoms with Crippen LogP contribution >= 0.6 is 0 Å². The zero-order valence-corrected chi connectivity index (χ0v) is 11.3. The number of pyridine rings is 1. The van der Waals surface area contributed by atoms with Gasteiger partial charge in [-0.15, -0.1) is 0 Å². The minimum absolute atomic E-state index is 0.510. The fourth-order valence-electron chi connectivity index (χ4n) is 2.00. The van der Waals surface area contributed by atoms with Crippen molar-refractivity contribution < 1.29 is 0 Å². The molecule has 0 bridgehead atoms. The molecule has 17 heavy (non-hydrogen) atoms. The van der Waals surface area contributed by atoms with Crippen molar-refractivity contribution in [2.24, 2.45) is 11.7 Å². The lowest BCUT2D eigenvalue weighted by molar-refractivity contribution is 0.484. The summed E-state index contributed by atoms with van der Waals surface area (Å²) in [5.41, 5.74) is 6.60. The molecule has 0 saturated heterocycles. The minimum atomic E-state index is 0.510. The molecule has 0 aliphatic rings. The van der Waals surface area contributed by atoms with Crippen molar-refractivity contribution in [2.45, 2.75) is 40.2 Å². The number of anilines is 1. The third-order valence-corrected chi connectivity index (χ3v) is 3.34. The Hall–Kier alpha value is -1.09. The topological polar surface area (TPSA) is 42.1 Å². The van der Waals surface area contributed by atoms with Crippen molar-refractivity contribution in [1.29, 1.82) is 0 Å². The maximum Gasteiger partial charge on any atom is 0.128 e. The van der Waals surface area contributed by atoms with Crippen LogP contribution in [0.5, 0.6) is 0 Å². The summed E-state index contributed by atoms with van der Waals surface area (Å²) in [7, 11) is 0. The normalized spacial score (nSPS) is 10.9. The van der Waals surface area contributed by atoms with Gasteiger partial charge in [-0.3, -0.25) is 0 Å². The summed E-state index contributed by atoms with van der Waals surface area (Å²) >= 11 is 0. The van der Waals surface area contributed by atoms with Crippen LogP contribution in [-0.4, -0.2) is 18.1 Å². The lowest BCUT2D eigenvalue weighted by atomic mass is 10.0. The van der Waals surface area contributed by atoms with Crippen molar-refractivity contribution >= 4 is 5.82 Å². The molecule has 0 aliphatic carbocycles. The lowest BCUT2D eigenvalue weighted by Crippen LogP contribution is -2.30. The van der Waals surface area contributed by atoms with E-state index in [1.165, 1.54) is 12.8 Å². The van der Waals surface area contributed by atoms with Gasteiger partial charge in [-0.05, 0) is 25.0 Å². The SMILES string of the molecule is CCC(CC)CN(CC)c1cccc(CN)n1. The van der Waals surface area contributed by atoms with Gasteiger partial charge in [0.25, 0.3) is 0 Å². The molecule has 0 spiro atoms. The Balaban J connectivity index is 2.77. The molecule has 1 heterocycles. The van der Waals surface area contributed by atoms with Gasteiger partial charge in [-0.1, -0.05) is 32.8 Å². The van der Waals surface area contributed by atoms with Gasteiger partial charge in [0, 0.05) is 19.6 Å². The van der Waals surface area contributed by atoms with E-state index in [1.807, 2.05) is 12.1 Å². The Bertz CT molecular complexity index is 321. The van der Waals surface area contributed by atoms with Gasteiger partial charge < -0.3 is 10.6 Å². The first-order valence-corrected chi connectivity index (χ1v) is 6.66. The quantitative estimate of drug-likeness (QED) is 0.790. The Kier molecular flexibility index (Phi) is 5.98. The highest BCUT2D eigenvalue weighted by molar-refractivity contribution is 5.39. The average Bonchev–Trinajstić information content (AvgIpc) is 2.40. The van der Waals surface area contributed by atoms with E-state index in [1.54, 1.807) is 0 Å². The molecule has 3 nitrogen and oxygen atoms in total. The van der Waals surface area contributed by atoms with Gasteiger partial charge >= 0.3 is 0 Å². The summed E-state index contributed by atoms with van der Waals surface area (Å²) in [5.74, 6) is 1.81. The van der Waals surface area contributed by atoms with E-state index in [0.29, 0.717) is 6.54 Å². The van der Waals surface area contributed by atoms with Crippen LogP contribution in [0.4, 0.5) is 5.82 Å². The summed E-state index contributed by atoms with van der Waals surface area (Å²) in [6, 6.07) is 6.10. The molecule has 0 radical (unpaired) electrons. The summed E-state index contributed by atoms with van der Waals surface area (Å²) in [5, 5.41) is 0. The molecule has 0 aromatic carbocycles. The largest absolute Gasteiger partial charge is 0.357 e. The summed E-state index contributed by atoms with van der Waals surface area (Å²) in [4.78, 5) is 6.93. The third-order valence-electron chi connectivity index (χ3n) is 3.34. The molecule has 0 saturated carbocycles. The van der Waals surface area contributed by atoms with Crippen molar-refractivity contribution in [3.63, 3.8) is 0 Å². The maximum atomic E-state index is 5.63. The number of hydrogen-bond donors (Lipinski definition) is 1. The molecule has 0 unspecified atom stereocenters. The highest BCUT2D eigenvalue weighted by Gasteiger charge is 2.11. The molecule has 1 aromatic rings. The van der Waals surface area contributed by atoms with Gasteiger partial charge in [-0.25, -0.2) is 4.98 Å². The molecular formula is C14H25N3. The molecule has 0 atom stereocenters. The van der Waals surface area contributed by atoms with Gasteiger partial charge in [-0.2, -0.15) is 0 Å². The van der Waals surface area contributed by atoms with E-state index in [9.17, 15) is 0 Å². The van der Waals surface area contributed by atoms with Crippen molar-refractivity contribution in [1.82, 2.24) is 4.98 Å². The monoisotopic (exact) mass is 235 g/mol. The fraction of sp³-hybridized carbons (Fsp3) is 0.643. The number of rotatable bonds is 7. The van der Waals surface area contributed by atoms with Gasteiger partial charge in [0.05, 0.1) is 5.69 Å². The maximum absolute atomic E-state index is 5.63. The van der Waals surface area contributed by atoms with E-state index < -0.39 is 0 Å². The number of nitrogens with zero attached hydrogens (tertiary/aromatic N) is 2. The van der Waals surface area contributed by atoms with Crippen LogP contribution in [0, 0.1) is 5.92 Å². The van der Waals surface area contributed by atoms with E-state index in [2.05, 4.69) is 36.7 Å². The highest BCUT2D eigenvalue weighted by atomic mass is 15.2. The summed E-state index contributed by atoms with van der Waals surface area (Å²) in [6.45, 7) is 9.29. The number of aromatic nitrogens is 1. The molecule has 96 valence electrons.